The van der Waals surface area contributed by atoms with Crippen molar-refractivity contribution >= 4 is 27.4 Å². The number of halogens is 1. The Kier molecular flexibility index (Phi) is 3.57. The van der Waals surface area contributed by atoms with Crippen LogP contribution in [0.1, 0.15) is 25.8 Å². The van der Waals surface area contributed by atoms with Crippen molar-refractivity contribution in [2.24, 2.45) is 5.92 Å². The summed E-state index contributed by atoms with van der Waals surface area (Å²) in [6.45, 7) is 7.08. The van der Waals surface area contributed by atoms with Crippen molar-refractivity contribution in [3.05, 3.63) is 28.2 Å². The highest BCUT2D eigenvalue weighted by Crippen LogP contribution is 2.29. The van der Waals surface area contributed by atoms with E-state index in [4.69, 9.17) is 0 Å². The molecule has 1 heterocycles. The number of piperidine rings is 1. The molecule has 0 bridgehead atoms. The SMILES string of the molecule is Cc1ccc(N2CCC(=O)C(C)C2C)cc1Br. The molecular weight excluding hydrogens is 278 g/mol. The maximum atomic E-state index is 11.7. The second kappa shape index (κ2) is 4.81. The van der Waals surface area contributed by atoms with Crippen LogP contribution in [-0.4, -0.2) is 18.4 Å². The van der Waals surface area contributed by atoms with Gasteiger partial charge in [0.2, 0.25) is 0 Å². The molecule has 1 aliphatic heterocycles. The fourth-order valence-electron chi connectivity index (χ4n) is 2.33. The lowest BCUT2D eigenvalue weighted by molar-refractivity contribution is -0.123. The molecule has 1 aromatic rings. The van der Waals surface area contributed by atoms with Gasteiger partial charge in [-0.3, -0.25) is 4.79 Å². The third kappa shape index (κ3) is 2.39. The maximum absolute atomic E-state index is 11.7. The van der Waals surface area contributed by atoms with Gasteiger partial charge in [0.05, 0.1) is 0 Å². The van der Waals surface area contributed by atoms with E-state index in [2.05, 4.69) is 52.9 Å². The van der Waals surface area contributed by atoms with E-state index in [0.717, 1.165) is 11.0 Å². The highest BCUT2D eigenvalue weighted by molar-refractivity contribution is 9.10. The minimum Gasteiger partial charge on any atom is -0.368 e. The largest absolute Gasteiger partial charge is 0.368 e. The Hall–Kier alpha value is -0.830. The van der Waals surface area contributed by atoms with Crippen molar-refractivity contribution in [3.8, 4) is 0 Å². The molecule has 0 amide bonds. The van der Waals surface area contributed by atoms with E-state index in [1.54, 1.807) is 0 Å². The summed E-state index contributed by atoms with van der Waals surface area (Å²) in [6.07, 6.45) is 0.664. The van der Waals surface area contributed by atoms with E-state index < -0.39 is 0 Å². The van der Waals surface area contributed by atoms with E-state index in [1.165, 1.54) is 11.3 Å². The molecule has 1 fully saturated rings. The van der Waals surface area contributed by atoms with Gasteiger partial charge >= 0.3 is 0 Å². The van der Waals surface area contributed by atoms with Gasteiger partial charge in [0, 0.05) is 35.1 Å². The number of ketones is 1. The average molecular weight is 296 g/mol. The standard InChI is InChI=1S/C14H18BrNO/c1-9-4-5-12(8-13(9)15)16-7-6-14(17)10(2)11(16)3/h4-5,8,10-11H,6-7H2,1-3H3. The van der Waals surface area contributed by atoms with Crippen LogP contribution >= 0.6 is 15.9 Å². The number of carbonyl (C=O) groups is 1. The lowest BCUT2D eigenvalue weighted by atomic mass is 9.90. The number of benzene rings is 1. The summed E-state index contributed by atoms with van der Waals surface area (Å²) in [5.41, 5.74) is 2.44. The topological polar surface area (TPSA) is 20.3 Å². The summed E-state index contributed by atoms with van der Waals surface area (Å²) in [7, 11) is 0. The van der Waals surface area contributed by atoms with Crippen LogP contribution in [0.5, 0.6) is 0 Å². The molecule has 2 nitrogen and oxygen atoms in total. The summed E-state index contributed by atoms with van der Waals surface area (Å²) in [5.74, 6) is 0.517. The zero-order valence-corrected chi connectivity index (χ0v) is 12.1. The quantitative estimate of drug-likeness (QED) is 0.789. The summed E-state index contributed by atoms with van der Waals surface area (Å²) >= 11 is 3.57. The molecule has 2 atom stereocenters. The van der Waals surface area contributed by atoms with Crippen molar-refractivity contribution in [3.63, 3.8) is 0 Å². The van der Waals surface area contributed by atoms with Gasteiger partial charge in [0.1, 0.15) is 5.78 Å². The molecule has 0 N–H and O–H groups in total. The van der Waals surface area contributed by atoms with Crippen LogP contribution < -0.4 is 4.90 Å². The normalized spacial score (nSPS) is 25.2. The number of aryl methyl sites for hydroxylation is 1. The van der Waals surface area contributed by atoms with Gasteiger partial charge in [-0.05, 0) is 31.5 Å². The second-order valence-electron chi connectivity index (χ2n) is 4.87. The summed E-state index contributed by atoms with van der Waals surface area (Å²) < 4.78 is 1.13. The molecule has 0 saturated carbocycles. The first-order valence-electron chi connectivity index (χ1n) is 6.06. The van der Waals surface area contributed by atoms with Gasteiger partial charge in [-0.1, -0.05) is 28.9 Å². The maximum Gasteiger partial charge on any atom is 0.139 e. The van der Waals surface area contributed by atoms with E-state index in [1.807, 2.05) is 6.92 Å². The molecule has 17 heavy (non-hydrogen) atoms. The van der Waals surface area contributed by atoms with E-state index in [9.17, 15) is 4.79 Å². The fourth-order valence-corrected chi connectivity index (χ4v) is 2.69. The highest BCUT2D eigenvalue weighted by atomic mass is 79.9. The second-order valence-corrected chi connectivity index (χ2v) is 5.73. The number of carbonyl (C=O) groups excluding carboxylic acids is 1. The zero-order valence-electron chi connectivity index (χ0n) is 10.5. The van der Waals surface area contributed by atoms with Crippen LogP contribution in [-0.2, 0) is 4.79 Å². The Morgan fingerprint density at radius 2 is 2.06 bits per heavy atom. The summed E-state index contributed by atoms with van der Waals surface area (Å²) in [6, 6.07) is 6.69. The van der Waals surface area contributed by atoms with Gasteiger partial charge in [-0.25, -0.2) is 0 Å². The minimum atomic E-state index is 0.129. The molecule has 2 unspecified atom stereocenters. The van der Waals surface area contributed by atoms with Crippen LogP contribution in [0.25, 0.3) is 0 Å². The molecule has 0 aliphatic carbocycles. The molecule has 3 heteroatoms. The minimum absolute atomic E-state index is 0.129. The van der Waals surface area contributed by atoms with Crippen molar-refractivity contribution in [2.75, 3.05) is 11.4 Å². The van der Waals surface area contributed by atoms with E-state index in [0.29, 0.717) is 12.2 Å². The Labute approximate surface area is 111 Å². The molecule has 2 rings (SSSR count). The Morgan fingerprint density at radius 1 is 1.35 bits per heavy atom. The molecule has 0 radical (unpaired) electrons. The van der Waals surface area contributed by atoms with Gasteiger partial charge in [-0.2, -0.15) is 0 Å². The predicted molar refractivity (Wildman–Crippen MR) is 74.5 cm³/mol. The van der Waals surface area contributed by atoms with Crippen LogP contribution in [0, 0.1) is 12.8 Å². The monoisotopic (exact) mass is 295 g/mol. The van der Waals surface area contributed by atoms with E-state index in [-0.39, 0.29) is 12.0 Å². The molecule has 92 valence electrons. The average Bonchev–Trinajstić information content (AvgIpc) is 2.30. The summed E-state index contributed by atoms with van der Waals surface area (Å²) in [4.78, 5) is 14.0. The molecule has 1 aliphatic rings. The molecule has 0 spiro atoms. The molecule has 1 saturated heterocycles. The number of nitrogens with zero attached hydrogens (tertiary/aromatic N) is 1. The van der Waals surface area contributed by atoms with Crippen LogP contribution in [0.4, 0.5) is 5.69 Å². The van der Waals surface area contributed by atoms with Crippen LogP contribution in [0.3, 0.4) is 0 Å². The van der Waals surface area contributed by atoms with Gasteiger partial charge < -0.3 is 4.90 Å². The molecule has 1 aromatic carbocycles. The van der Waals surface area contributed by atoms with Crippen molar-refractivity contribution < 1.29 is 4.79 Å². The zero-order chi connectivity index (χ0) is 12.6. The van der Waals surface area contributed by atoms with Gasteiger partial charge in [0.25, 0.3) is 0 Å². The smallest absolute Gasteiger partial charge is 0.139 e. The first kappa shape index (κ1) is 12.6. The first-order chi connectivity index (χ1) is 8.00. The van der Waals surface area contributed by atoms with Crippen molar-refractivity contribution in [1.82, 2.24) is 0 Å². The van der Waals surface area contributed by atoms with Gasteiger partial charge in [-0.15, -0.1) is 0 Å². The lowest BCUT2D eigenvalue weighted by Gasteiger charge is -2.38. The number of anilines is 1. The number of rotatable bonds is 1. The highest BCUT2D eigenvalue weighted by Gasteiger charge is 2.30. The Bertz CT molecular complexity index is 444. The van der Waals surface area contributed by atoms with E-state index >= 15 is 0 Å². The number of hydrogen-bond donors (Lipinski definition) is 0. The third-order valence-electron chi connectivity index (χ3n) is 3.81. The lowest BCUT2D eigenvalue weighted by Crippen LogP contribution is -2.46. The first-order valence-corrected chi connectivity index (χ1v) is 6.85. The molecule has 0 aromatic heterocycles. The Morgan fingerprint density at radius 3 is 2.71 bits per heavy atom. The molecular formula is C14H18BrNO. The van der Waals surface area contributed by atoms with Gasteiger partial charge in [0.15, 0.2) is 0 Å². The summed E-state index contributed by atoms with van der Waals surface area (Å²) in [5, 5.41) is 0. The Balaban J connectivity index is 2.27. The number of hydrogen-bond acceptors (Lipinski definition) is 2. The number of Topliss-reactive ketones (excluding diaryl/α,β-unsaturated/α-hetero) is 1. The third-order valence-corrected chi connectivity index (χ3v) is 4.66. The van der Waals surface area contributed by atoms with Crippen molar-refractivity contribution in [1.29, 1.82) is 0 Å². The van der Waals surface area contributed by atoms with Crippen molar-refractivity contribution in [2.45, 2.75) is 33.2 Å². The predicted octanol–water partition coefficient (Wildman–Crippen LogP) is 3.56. The van der Waals surface area contributed by atoms with Crippen LogP contribution in [0.2, 0.25) is 0 Å². The van der Waals surface area contributed by atoms with Crippen LogP contribution in [0.15, 0.2) is 22.7 Å². The fraction of sp³-hybridized carbons (Fsp3) is 0.500.